The van der Waals surface area contributed by atoms with E-state index in [0.29, 0.717) is 30.6 Å². The van der Waals surface area contributed by atoms with E-state index in [-0.39, 0.29) is 28.6 Å². The normalized spacial score (nSPS) is 27.9. The van der Waals surface area contributed by atoms with Crippen LogP contribution >= 0.6 is 0 Å². The van der Waals surface area contributed by atoms with Gasteiger partial charge in [-0.15, -0.1) is 0 Å². The summed E-state index contributed by atoms with van der Waals surface area (Å²) < 4.78 is 22.4. The van der Waals surface area contributed by atoms with Crippen LogP contribution in [-0.4, -0.2) is 74.4 Å². The van der Waals surface area contributed by atoms with Crippen LogP contribution in [0.5, 0.6) is 11.5 Å². The van der Waals surface area contributed by atoms with Crippen molar-refractivity contribution in [3.05, 3.63) is 45.8 Å². The van der Waals surface area contributed by atoms with Crippen molar-refractivity contribution in [2.45, 2.75) is 89.2 Å². The van der Waals surface area contributed by atoms with Crippen molar-refractivity contribution in [1.82, 2.24) is 0 Å². The molecule has 1 aromatic heterocycles. The average molecular weight is 549 g/mol. The molecule has 0 bridgehead atoms. The molecular formula is C28H36O11. The summed E-state index contributed by atoms with van der Waals surface area (Å²) in [5.74, 6) is -0.705. The Kier molecular flexibility index (Phi) is 8.38. The lowest BCUT2D eigenvalue weighted by Gasteiger charge is -2.40. The van der Waals surface area contributed by atoms with Gasteiger partial charge in [-0.1, -0.05) is 19.9 Å². The van der Waals surface area contributed by atoms with Gasteiger partial charge < -0.3 is 44.2 Å². The van der Waals surface area contributed by atoms with Crippen LogP contribution < -0.4 is 10.2 Å². The van der Waals surface area contributed by atoms with Gasteiger partial charge in [-0.3, -0.25) is 4.79 Å². The number of phenols is 1. The van der Waals surface area contributed by atoms with Crippen LogP contribution in [0.4, 0.5) is 0 Å². The number of hydrogen-bond donors (Lipinski definition) is 5. The second kappa shape index (κ2) is 11.3. The SMILES string of the molecule is CC(C)c1cc(=O)c2c(O)cc(O[C@@H]3O[C@H](COC(=O)C4=CC[C@H](C(C)(C)O)CC4)[C@@H](O)[C@H](O)[C@H]3O)cc2o1. The number of hydrogen-bond acceptors (Lipinski definition) is 11. The summed E-state index contributed by atoms with van der Waals surface area (Å²) in [6, 6.07) is 3.80. The molecule has 39 heavy (non-hydrogen) atoms. The molecule has 0 amide bonds. The fourth-order valence-electron chi connectivity index (χ4n) is 4.81. The number of fused-ring (bicyclic) bond motifs is 1. The van der Waals surface area contributed by atoms with Crippen LogP contribution in [-0.2, 0) is 14.3 Å². The van der Waals surface area contributed by atoms with Gasteiger partial charge in [-0.25, -0.2) is 4.79 Å². The second-order valence-corrected chi connectivity index (χ2v) is 11.1. The van der Waals surface area contributed by atoms with Crippen molar-refractivity contribution in [1.29, 1.82) is 0 Å². The third-order valence-corrected chi connectivity index (χ3v) is 7.34. The number of carbonyl (C=O) groups is 1. The number of allylic oxidation sites excluding steroid dienone is 1. The van der Waals surface area contributed by atoms with Crippen molar-refractivity contribution in [2.24, 2.45) is 5.92 Å². The molecule has 214 valence electrons. The van der Waals surface area contributed by atoms with Gasteiger partial charge >= 0.3 is 5.97 Å². The maximum Gasteiger partial charge on any atom is 0.333 e. The Bertz CT molecular complexity index is 1290. The summed E-state index contributed by atoms with van der Waals surface area (Å²) in [4.78, 5) is 25.0. The average Bonchev–Trinajstić information content (AvgIpc) is 2.87. The van der Waals surface area contributed by atoms with Crippen molar-refractivity contribution < 1.29 is 49.0 Å². The van der Waals surface area contributed by atoms with E-state index in [2.05, 4.69) is 0 Å². The van der Waals surface area contributed by atoms with Crippen LogP contribution in [0.1, 0.15) is 58.6 Å². The Labute approximate surface area is 225 Å². The third-order valence-electron chi connectivity index (χ3n) is 7.34. The molecule has 1 fully saturated rings. The van der Waals surface area contributed by atoms with Crippen LogP contribution in [0.15, 0.2) is 39.1 Å². The first-order valence-electron chi connectivity index (χ1n) is 13.0. The van der Waals surface area contributed by atoms with E-state index in [0.717, 1.165) is 6.07 Å². The highest BCUT2D eigenvalue weighted by atomic mass is 16.7. The lowest BCUT2D eigenvalue weighted by molar-refractivity contribution is -0.278. The smallest absolute Gasteiger partial charge is 0.333 e. The van der Waals surface area contributed by atoms with E-state index in [1.807, 2.05) is 13.8 Å². The van der Waals surface area contributed by atoms with Crippen LogP contribution in [0.3, 0.4) is 0 Å². The van der Waals surface area contributed by atoms with Gasteiger partial charge in [0.2, 0.25) is 6.29 Å². The Hall–Kier alpha value is -2.96. The molecule has 6 atom stereocenters. The van der Waals surface area contributed by atoms with E-state index in [4.69, 9.17) is 18.6 Å². The highest BCUT2D eigenvalue weighted by Gasteiger charge is 2.45. The molecule has 11 nitrogen and oxygen atoms in total. The number of rotatable bonds is 7. The van der Waals surface area contributed by atoms with Crippen LogP contribution in [0.25, 0.3) is 11.0 Å². The summed E-state index contributed by atoms with van der Waals surface area (Å²) >= 11 is 0. The third kappa shape index (κ3) is 6.28. The quantitative estimate of drug-likeness (QED) is 0.319. The van der Waals surface area contributed by atoms with Gasteiger partial charge in [0.1, 0.15) is 59.3 Å². The number of aliphatic hydroxyl groups excluding tert-OH is 3. The number of ether oxygens (including phenoxy) is 3. The van der Waals surface area contributed by atoms with Crippen molar-refractivity contribution in [3.63, 3.8) is 0 Å². The molecule has 1 aliphatic carbocycles. The molecule has 4 rings (SSSR count). The van der Waals surface area contributed by atoms with Gasteiger partial charge in [-0.2, -0.15) is 0 Å². The zero-order valence-corrected chi connectivity index (χ0v) is 22.4. The maximum absolute atomic E-state index is 12.6. The molecule has 0 radical (unpaired) electrons. The standard InChI is InChI=1S/C28H36O11/c1-13(2)19-11-18(30)22-17(29)9-16(10-20(22)38-19)37-27-25(33)24(32)23(31)21(39-27)12-36-26(34)14-5-7-15(8-6-14)28(3,4)35/h5,9-11,13,15,21,23-25,27,29,31-33,35H,6-8,12H2,1-4H3/t15-,21+,23+,24-,25+,27+/m0/s1. The summed E-state index contributed by atoms with van der Waals surface area (Å²) in [6.45, 7) is 6.71. The number of benzene rings is 1. The molecule has 0 saturated carbocycles. The first kappa shape index (κ1) is 29.0. The Balaban J connectivity index is 1.46. The van der Waals surface area contributed by atoms with Gasteiger partial charge in [-0.05, 0) is 39.0 Å². The van der Waals surface area contributed by atoms with E-state index in [1.165, 1.54) is 12.1 Å². The van der Waals surface area contributed by atoms with Gasteiger partial charge in [0, 0.05) is 29.7 Å². The topological polar surface area (TPSA) is 176 Å². The number of carbonyl (C=O) groups excluding carboxylic acids is 1. The number of esters is 1. The van der Waals surface area contributed by atoms with E-state index < -0.39 is 60.1 Å². The van der Waals surface area contributed by atoms with E-state index >= 15 is 0 Å². The minimum atomic E-state index is -1.69. The molecule has 5 N–H and O–H groups in total. The van der Waals surface area contributed by atoms with Crippen LogP contribution in [0.2, 0.25) is 0 Å². The zero-order valence-electron chi connectivity index (χ0n) is 22.4. The predicted molar refractivity (Wildman–Crippen MR) is 138 cm³/mol. The first-order valence-corrected chi connectivity index (χ1v) is 13.0. The summed E-state index contributed by atoms with van der Waals surface area (Å²) in [6.07, 6.45) is -4.40. The van der Waals surface area contributed by atoms with Crippen molar-refractivity contribution in [2.75, 3.05) is 6.61 Å². The minimum absolute atomic E-state index is 0.0200. The van der Waals surface area contributed by atoms with Gasteiger partial charge in [0.25, 0.3) is 0 Å². The second-order valence-electron chi connectivity index (χ2n) is 11.1. The molecule has 2 aliphatic rings. The molecule has 0 unspecified atom stereocenters. The van der Waals surface area contributed by atoms with Crippen LogP contribution in [0, 0.1) is 5.92 Å². The largest absolute Gasteiger partial charge is 0.507 e. The Morgan fingerprint density at radius 1 is 1.13 bits per heavy atom. The van der Waals surface area contributed by atoms with Gasteiger partial charge in [0.15, 0.2) is 5.43 Å². The highest BCUT2D eigenvalue weighted by Crippen LogP contribution is 2.34. The maximum atomic E-state index is 12.6. The number of aliphatic hydroxyl groups is 4. The van der Waals surface area contributed by atoms with E-state index in [1.54, 1.807) is 19.9 Å². The molecular weight excluding hydrogens is 512 g/mol. The monoisotopic (exact) mass is 548 g/mol. The molecule has 0 spiro atoms. The molecule has 1 aromatic carbocycles. The fraction of sp³-hybridized carbons (Fsp3) is 0.571. The van der Waals surface area contributed by atoms with Crippen molar-refractivity contribution >= 4 is 16.9 Å². The fourth-order valence-corrected chi connectivity index (χ4v) is 4.81. The molecule has 1 saturated heterocycles. The summed E-state index contributed by atoms with van der Waals surface area (Å²) in [5, 5.41) is 51.9. The number of phenolic OH excluding ortho intramolecular Hbond substituents is 1. The highest BCUT2D eigenvalue weighted by molar-refractivity contribution is 5.88. The first-order chi connectivity index (χ1) is 18.3. The molecule has 1 aliphatic heterocycles. The number of aromatic hydroxyl groups is 1. The molecule has 2 aromatic rings. The lowest BCUT2D eigenvalue weighted by atomic mass is 9.79. The van der Waals surface area contributed by atoms with Crippen molar-refractivity contribution in [3.8, 4) is 11.5 Å². The summed E-state index contributed by atoms with van der Waals surface area (Å²) in [5.41, 5.74) is -0.780. The zero-order chi connectivity index (χ0) is 28.6. The van der Waals surface area contributed by atoms with E-state index in [9.17, 15) is 35.1 Å². The predicted octanol–water partition coefficient (Wildman–Crippen LogP) is 1.85. The lowest BCUT2D eigenvalue weighted by Crippen LogP contribution is -2.60. The molecule has 11 heteroatoms. The van der Waals surface area contributed by atoms with Gasteiger partial charge in [0.05, 0.1) is 5.60 Å². The Morgan fingerprint density at radius 3 is 2.46 bits per heavy atom. The minimum Gasteiger partial charge on any atom is -0.507 e. The summed E-state index contributed by atoms with van der Waals surface area (Å²) in [7, 11) is 0. The Morgan fingerprint density at radius 2 is 1.85 bits per heavy atom. The molecule has 2 heterocycles.